The molecule has 2 aliphatic carbocycles. The van der Waals surface area contributed by atoms with E-state index in [9.17, 15) is 5.11 Å². The maximum absolute atomic E-state index is 9.72. The van der Waals surface area contributed by atoms with Crippen molar-refractivity contribution >= 4 is 0 Å². The summed E-state index contributed by atoms with van der Waals surface area (Å²) in [5.41, 5.74) is 0.466. The van der Waals surface area contributed by atoms with Crippen molar-refractivity contribution in [3.05, 3.63) is 0 Å². The molecule has 4 unspecified atom stereocenters. The van der Waals surface area contributed by atoms with E-state index in [2.05, 4.69) is 13.8 Å². The minimum absolute atomic E-state index is 0.00277. The molecule has 2 rings (SSSR count). The summed E-state index contributed by atoms with van der Waals surface area (Å²) < 4.78 is 0. The van der Waals surface area contributed by atoms with Gasteiger partial charge in [0, 0.05) is 0 Å². The van der Waals surface area contributed by atoms with Gasteiger partial charge in [-0.1, -0.05) is 33.1 Å². The Labute approximate surface area is 94.3 Å². The van der Waals surface area contributed by atoms with Crippen LogP contribution in [0, 0.1) is 17.3 Å². The summed E-state index contributed by atoms with van der Waals surface area (Å²) in [7, 11) is 0. The average Bonchev–Trinajstić information content (AvgIpc) is 2.60. The van der Waals surface area contributed by atoms with E-state index < -0.39 is 0 Å². The molecular weight excluding hydrogens is 184 g/mol. The molecule has 0 amide bonds. The second kappa shape index (κ2) is 4.45. The molecule has 0 aromatic rings. The quantitative estimate of drug-likeness (QED) is 0.736. The Morgan fingerprint density at radius 3 is 2.67 bits per heavy atom. The van der Waals surface area contributed by atoms with Crippen molar-refractivity contribution in [2.24, 2.45) is 17.3 Å². The lowest BCUT2D eigenvalue weighted by molar-refractivity contribution is 0.0892. The first-order valence-electron chi connectivity index (χ1n) is 6.82. The van der Waals surface area contributed by atoms with Crippen LogP contribution in [0.4, 0.5) is 0 Å². The fraction of sp³-hybridized carbons (Fsp3) is 1.00. The van der Waals surface area contributed by atoms with Crippen LogP contribution in [0.3, 0.4) is 0 Å². The lowest BCUT2D eigenvalue weighted by atomic mass is 9.66. The third-order valence-electron chi connectivity index (χ3n) is 5.10. The standard InChI is InChI=1S/C14H26O/c1-3-11-5-4-6-12(9-11)14(2)8-7-13(15)10-14/h11-13,15H,3-10H2,1-2H3. The van der Waals surface area contributed by atoms with Crippen molar-refractivity contribution in [1.29, 1.82) is 0 Å². The summed E-state index contributed by atoms with van der Waals surface area (Å²) >= 11 is 0. The Morgan fingerprint density at radius 1 is 1.27 bits per heavy atom. The Hall–Kier alpha value is -0.0400. The van der Waals surface area contributed by atoms with Gasteiger partial charge >= 0.3 is 0 Å². The SMILES string of the molecule is CCC1CCCC(C2(C)CCC(O)C2)C1. The smallest absolute Gasteiger partial charge is 0.0545 e. The van der Waals surface area contributed by atoms with Crippen LogP contribution < -0.4 is 0 Å². The highest BCUT2D eigenvalue weighted by Crippen LogP contribution is 2.50. The van der Waals surface area contributed by atoms with E-state index in [4.69, 9.17) is 0 Å². The first-order valence-corrected chi connectivity index (χ1v) is 6.82. The van der Waals surface area contributed by atoms with Crippen molar-refractivity contribution in [2.75, 3.05) is 0 Å². The molecule has 0 aliphatic heterocycles. The van der Waals surface area contributed by atoms with Crippen LogP contribution in [0.2, 0.25) is 0 Å². The van der Waals surface area contributed by atoms with Gasteiger partial charge in [-0.25, -0.2) is 0 Å². The molecule has 0 spiro atoms. The Morgan fingerprint density at radius 2 is 2.07 bits per heavy atom. The lowest BCUT2D eigenvalue weighted by Crippen LogP contribution is -2.30. The third-order valence-corrected chi connectivity index (χ3v) is 5.10. The van der Waals surface area contributed by atoms with E-state index >= 15 is 0 Å². The van der Waals surface area contributed by atoms with Gasteiger partial charge in [-0.2, -0.15) is 0 Å². The van der Waals surface area contributed by atoms with Crippen LogP contribution in [0.5, 0.6) is 0 Å². The molecule has 2 fully saturated rings. The highest BCUT2D eigenvalue weighted by atomic mass is 16.3. The number of aliphatic hydroxyl groups excluding tert-OH is 1. The molecule has 88 valence electrons. The van der Waals surface area contributed by atoms with Gasteiger partial charge in [0.15, 0.2) is 0 Å². The number of hydrogen-bond donors (Lipinski definition) is 1. The van der Waals surface area contributed by atoms with Gasteiger partial charge in [-0.05, 0) is 49.4 Å². The molecule has 2 aliphatic rings. The monoisotopic (exact) mass is 210 g/mol. The van der Waals surface area contributed by atoms with E-state index in [0.29, 0.717) is 5.41 Å². The van der Waals surface area contributed by atoms with Crippen LogP contribution in [0.25, 0.3) is 0 Å². The molecule has 0 saturated heterocycles. The highest BCUT2D eigenvalue weighted by Gasteiger charge is 2.42. The molecule has 0 heterocycles. The Bertz CT molecular complexity index is 213. The largest absolute Gasteiger partial charge is 0.393 e. The van der Waals surface area contributed by atoms with Crippen molar-refractivity contribution in [3.63, 3.8) is 0 Å². The number of hydrogen-bond acceptors (Lipinski definition) is 1. The molecule has 0 bridgehead atoms. The topological polar surface area (TPSA) is 20.2 Å². The van der Waals surface area contributed by atoms with Gasteiger partial charge in [0.05, 0.1) is 6.10 Å². The van der Waals surface area contributed by atoms with Crippen molar-refractivity contribution in [1.82, 2.24) is 0 Å². The number of rotatable bonds is 2. The van der Waals surface area contributed by atoms with E-state index in [1.54, 1.807) is 0 Å². The fourth-order valence-electron chi connectivity index (χ4n) is 3.90. The predicted octanol–water partition coefficient (Wildman–Crippen LogP) is 3.75. The van der Waals surface area contributed by atoms with E-state index in [1.807, 2.05) is 0 Å². The molecule has 2 saturated carbocycles. The zero-order valence-electron chi connectivity index (χ0n) is 10.3. The van der Waals surface area contributed by atoms with Crippen LogP contribution in [-0.4, -0.2) is 11.2 Å². The molecular formula is C14H26O. The number of aliphatic hydroxyl groups is 1. The summed E-state index contributed by atoms with van der Waals surface area (Å²) in [6.07, 6.45) is 10.4. The molecule has 15 heavy (non-hydrogen) atoms. The fourth-order valence-corrected chi connectivity index (χ4v) is 3.90. The molecule has 1 nitrogen and oxygen atoms in total. The average molecular weight is 210 g/mol. The van der Waals surface area contributed by atoms with Gasteiger partial charge in [0.25, 0.3) is 0 Å². The molecule has 0 radical (unpaired) electrons. The summed E-state index contributed by atoms with van der Waals surface area (Å²) in [5.74, 6) is 1.87. The van der Waals surface area contributed by atoms with Crippen molar-refractivity contribution < 1.29 is 5.11 Å². The van der Waals surface area contributed by atoms with E-state index in [1.165, 1.54) is 38.5 Å². The zero-order chi connectivity index (χ0) is 10.9. The minimum atomic E-state index is -0.00277. The lowest BCUT2D eigenvalue weighted by Gasteiger charge is -2.40. The summed E-state index contributed by atoms with van der Waals surface area (Å²) in [6.45, 7) is 4.75. The first kappa shape index (κ1) is 11.4. The zero-order valence-corrected chi connectivity index (χ0v) is 10.3. The molecule has 1 N–H and O–H groups in total. The van der Waals surface area contributed by atoms with Gasteiger partial charge < -0.3 is 5.11 Å². The van der Waals surface area contributed by atoms with Gasteiger partial charge in [-0.15, -0.1) is 0 Å². The Kier molecular flexibility index (Phi) is 3.39. The summed E-state index contributed by atoms with van der Waals surface area (Å²) in [6, 6.07) is 0. The van der Waals surface area contributed by atoms with Gasteiger partial charge in [0.1, 0.15) is 0 Å². The molecule has 0 aromatic carbocycles. The maximum Gasteiger partial charge on any atom is 0.0545 e. The minimum Gasteiger partial charge on any atom is -0.393 e. The van der Waals surface area contributed by atoms with Crippen molar-refractivity contribution in [2.45, 2.75) is 71.3 Å². The van der Waals surface area contributed by atoms with Crippen LogP contribution >= 0.6 is 0 Å². The molecule has 4 atom stereocenters. The van der Waals surface area contributed by atoms with Crippen LogP contribution in [-0.2, 0) is 0 Å². The molecule has 1 heteroatoms. The summed E-state index contributed by atoms with van der Waals surface area (Å²) in [5, 5.41) is 9.72. The van der Waals surface area contributed by atoms with Gasteiger partial charge in [-0.3, -0.25) is 0 Å². The van der Waals surface area contributed by atoms with E-state index in [0.717, 1.165) is 24.7 Å². The third kappa shape index (κ3) is 2.38. The second-order valence-electron chi connectivity index (χ2n) is 6.19. The van der Waals surface area contributed by atoms with Gasteiger partial charge in [0.2, 0.25) is 0 Å². The normalized spacial score (nSPS) is 47.0. The molecule has 0 aromatic heterocycles. The highest BCUT2D eigenvalue weighted by molar-refractivity contribution is 4.92. The maximum atomic E-state index is 9.72. The van der Waals surface area contributed by atoms with Crippen LogP contribution in [0.15, 0.2) is 0 Å². The predicted molar refractivity (Wildman–Crippen MR) is 63.7 cm³/mol. The summed E-state index contributed by atoms with van der Waals surface area (Å²) in [4.78, 5) is 0. The van der Waals surface area contributed by atoms with Crippen LogP contribution in [0.1, 0.15) is 65.2 Å². The van der Waals surface area contributed by atoms with E-state index in [-0.39, 0.29) is 6.10 Å². The first-order chi connectivity index (χ1) is 7.14. The Balaban J connectivity index is 1.97. The van der Waals surface area contributed by atoms with Crippen molar-refractivity contribution in [3.8, 4) is 0 Å². The second-order valence-corrected chi connectivity index (χ2v) is 6.19.